The smallest absolute Gasteiger partial charge is 0.407 e. The molecule has 24 heavy (non-hydrogen) atoms. The number of carboxylic acid groups (broad SMARTS) is 1. The Labute approximate surface area is 138 Å². The van der Waals surface area contributed by atoms with Crippen LogP contribution in [0.4, 0.5) is 10.6 Å². The van der Waals surface area contributed by atoms with Crippen molar-refractivity contribution >= 4 is 22.9 Å². The van der Waals surface area contributed by atoms with E-state index in [0.29, 0.717) is 38.5 Å². The van der Waals surface area contributed by atoms with E-state index in [4.69, 9.17) is 5.11 Å². The van der Waals surface area contributed by atoms with Gasteiger partial charge in [0.15, 0.2) is 5.82 Å². The average Bonchev–Trinajstić information content (AvgIpc) is 2.84. The molecule has 1 aliphatic rings. The summed E-state index contributed by atoms with van der Waals surface area (Å²) in [7, 11) is 1.73. The zero-order valence-electron chi connectivity index (χ0n) is 13.7. The molecule has 126 valence electrons. The fraction of sp³-hybridized carbons (Fsp3) is 0.438. The summed E-state index contributed by atoms with van der Waals surface area (Å²) in [5, 5.41) is 9.08. The molecule has 0 atom stereocenters. The van der Waals surface area contributed by atoms with Gasteiger partial charge in [-0.2, -0.15) is 0 Å². The highest BCUT2D eigenvalue weighted by Gasteiger charge is 2.24. The lowest BCUT2D eigenvalue weighted by molar-refractivity contribution is 0.142. The van der Waals surface area contributed by atoms with E-state index in [1.807, 2.05) is 11.0 Å². The summed E-state index contributed by atoms with van der Waals surface area (Å²) in [6.45, 7) is 3.96. The minimum atomic E-state index is -0.907. The molecule has 2 aromatic heterocycles. The lowest BCUT2D eigenvalue weighted by Gasteiger charge is -2.34. The zero-order chi connectivity index (χ0) is 17.3. The second-order valence-electron chi connectivity index (χ2n) is 5.61. The van der Waals surface area contributed by atoms with Crippen LogP contribution in [0.5, 0.6) is 0 Å². The minimum absolute atomic E-state index is 0.133. The Morgan fingerprint density at radius 3 is 2.67 bits per heavy atom. The Bertz CT molecular complexity index is 894. The number of aryl methyl sites for hydroxylation is 1. The highest BCUT2D eigenvalue weighted by molar-refractivity contribution is 5.87. The molecule has 3 rings (SSSR count). The van der Waals surface area contributed by atoms with Gasteiger partial charge >= 0.3 is 11.8 Å². The van der Waals surface area contributed by atoms with E-state index < -0.39 is 6.09 Å². The highest BCUT2D eigenvalue weighted by Crippen LogP contribution is 2.24. The van der Waals surface area contributed by atoms with E-state index in [9.17, 15) is 9.59 Å². The molecule has 1 N–H and O–H groups in total. The van der Waals surface area contributed by atoms with Crippen LogP contribution in [0.25, 0.3) is 11.0 Å². The maximum absolute atomic E-state index is 12.5. The van der Waals surface area contributed by atoms with Gasteiger partial charge in [-0.25, -0.2) is 14.6 Å². The van der Waals surface area contributed by atoms with E-state index in [2.05, 4.69) is 16.8 Å². The third-order valence-electron chi connectivity index (χ3n) is 4.30. The number of anilines is 1. The molecule has 1 saturated heterocycles. The van der Waals surface area contributed by atoms with Crippen LogP contribution in [0.2, 0.25) is 0 Å². The SMILES string of the molecule is CC#CCn1c(=O)n(C)c2ccnc(N3CCN(C(=O)O)CC3)c21. The number of aromatic nitrogens is 3. The van der Waals surface area contributed by atoms with Crippen molar-refractivity contribution in [3.8, 4) is 11.8 Å². The van der Waals surface area contributed by atoms with Crippen LogP contribution in [0, 0.1) is 11.8 Å². The number of amides is 1. The van der Waals surface area contributed by atoms with Crippen molar-refractivity contribution in [3.05, 3.63) is 22.7 Å². The zero-order valence-corrected chi connectivity index (χ0v) is 13.7. The van der Waals surface area contributed by atoms with Crippen LogP contribution >= 0.6 is 0 Å². The molecule has 0 saturated carbocycles. The first-order valence-electron chi connectivity index (χ1n) is 7.71. The fourth-order valence-corrected chi connectivity index (χ4v) is 2.99. The summed E-state index contributed by atoms with van der Waals surface area (Å²) < 4.78 is 3.21. The molecule has 0 aromatic carbocycles. The first kappa shape index (κ1) is 15.9. The quantitative estimate of drug-likeness (QED) is 0.814. The fourth-order valence-electron chi connectivity index (χ4n) is 2.99. The van der Waals surface area contributed by atoms with Crippen molar-refractivity contribution in [2.75, 3.05) is 31.1 Å². The molecule has 1 aliphatic heterocycles. The number of carbonyl (C=O) groups is 1. The number of rotatable bonds is 2. The Hall–Kier alpha value is -2.95. The Morgan fingerprint density at radius 1 is 1.33 bits per heavy atom. The molecule has 0 unspecified atom stereocenters. The molecule has 1 fully saturated rings. The highest BCUT2D eigenvalue weighted by atomic mass is 16.4. The van der Waals surface area contributed by atoms with Gasteiger partial charge in [-0.1, -0.05) is 5.92 Å². The number of imidazole rings is 1. The Kier molecular flexibility index (Phi) is 4.16. The molecule has 0 spiro atoms. The molecular weight excluding hydrogens is 310 g/mol. The molecule has 8 nitrogen and oxygen atoms in total. The van der Waals surface area contributed by atoms with Crippen molar-refractivity contribution in [1.82, 2.24) is 19.0 Å². The lowest BCUT2D eigenvalue weighted by Crippen LogP contribution is -2.48. The van der Waals surface area contributed by atoms with Gasteiger partial charge in [-0.05, 0) is 13.0 Å². The summed E-state index contributed by atoms with van der Waals surface area (Å²) in [5.74, 6) is 6.44. The first-order chi connectivity index (χ1) is 11.5. The number of pyridine rings is 1. The average molecular weight is 329 g/mol. The maximum atomic E-state index is 12.5. The minimum Gasteiger partial charge on any atom is -0.465 e. The Morgan fingerprint density at radius 2 is 2.04 bits per heavy atom. The van der Waals surface area contributed by atoms with Gasteiger partial charge in [0.2, 0.25) is 0 Å². The summed E-state index contributed by atoms with van der Waals surface area (Å²) in [4.78, 5) is 31.4. The molecule has 0 bridgehead atoms. The predicted molar refractivity (Wildman–Crippen MR) is 90.2 cm³/mol. The van der Waals surface area contributed by atoms with Gasteiger partial charge in [0, 0.05) is 39.4 Å². The number of nitrogens with zero attached hydrogens (tertiary/aromatic N) is 5. The predicted octanol–water partition coefficient (Wildman–Crippen LogP) is 0.558. The van der Waals surface area contributed by atoms with E-state index in [-0.39, 0.29) is 5.69 Å². The molecule has 1 amide bonds. The van der Waals surface area contributed by atoms with Crippen molar-refractivity contribution in [2.24, 2.45) is 7.05 Å². The van der Waals surface area contributed by atoms with Crippen LogP contribution in [-0.2, 0) is 13.6 Å². The van der Waals surface area contributed by atoms with Crippen LogP contribution in [-0.4, -0.2) is 56.4 Å². The number of fused-ring (bicyclic) bond motifs is 1. The van der Waals surface area contributed by atoms with Gasteiger partial charge in [-0.15, -0.1) is 5.92 Å². The molecule has 2 aromatic rings. The Balaban J connectivity index is 2.05. The van der Waals surface area contributed by atoms with Crippen molar-refractivity contribution in [3.63, 3.8) is 0 Å². The van der Waals surface area contributed by atoms with Crippen molar-refractivity contribution in [1.29, 1.82) is 0 Å². The van der Waals surface area contributed by atoms with Crippen LogP contribution in [0.1, 0.15) is 6.92 Å². The summed E-state index contributed by atoms with van der Waals surface area (Å²) in [6, 6.07) is 1.81. The summed E-state index contributed by atoms with van der Waals surface area (Å²) >= 11 is 0. The second-order valence-corrected chi connectivity index (χ2v) is 5.61. The maximum Gasteiger partial charge on any atom is 0.407 e. The number of hydrogen-bond donors (Lipinski definition) is 1. The summed E-state index contributed by atoms with van der Waals surface area (Å²) in [5.41, 5.74) is 1.41. The van der Waals surface area contributed by atoms with Gasteiger partial charge in [-0.3, -0.25) is 9.13 Å². The van der Waals surface area contributed by atoms with Gasteiger partial charge in [0.1, 0.15) is 5.52 Å². The molecular formula is C16H19N5O3. The largest absolute Gasteiger partial charge is 0.465 e. The molecule has 0 radical (unpaired) electrons. The van der Waals surface area contributed by atoms with Gasteiger partial charge in [0.05, 0.1) is 12.1 Å². The third kappa shape index (κ3) is 2.58. The van der Waals surface area contributed by atoms with Crippen molar-refractivity contribution < 1.29 is 9.90 Å². The van der Waals surface area contributed by atoms with Crippen LogP contribution in [0.15, 0.2) is 17.1 Å². The number of hydrogen-bond acceptors (Lipinski definition) is 4. The molecule has 3 heterocycles. The monoisotopic (exact) mass is 329 g/mol. The second kappa shape index (κ2) is 6.28. The van der Waals surface area contributed by atoms with E-state index >= 15 is 0 Å². The van der Waals surface area contributed by atoms with Crippen molar-refractivity contribution in [2.45, 2.75) is 13.5 Å². The van der Waals surface area contributed by atoms with E-state index in [0.717, 1.165) is 11.0 Å². The standard InChI is InChI=1S/C16H19N5O3/c1-3-4-7-21-13-12(18(2)15(21)22)5-6-17-14(13)19-8-10-20(11-9-19)16(23)24/h5-6H,7-11H2,1-2H3,(H,23,24). The van der Waals surface area contributed by atoms with E-state index in [1.54, 1.807) is 29.3 Å². The number of piperazine rings is 1. The first-order valence-corrected chi connectivity index (χ1v) is 7.71. The van der Waals surface area contributed by atoms with Gasteiger partial charge < -0.3 is 14.9 Å². The lowest BCUT2D eigenvalue weighted by atomic mass is 10.3. The normalized spacial score (nSPS) is 14.6. The molecule has 8 heteroatoms. The molecule has 0 aliphatic carbocycles. The third-order valence-corrected chi connectivity index (χ3v) is 4.30. The van der Waals surface area contributed by atoms with Crippen LogP contribution in [0.3, 0.4) is 0 Å². The van der Waals surface area contributed by atoms with E-state index in [1.165, 1.54) is 4.90 Å². The van der Waals surface area contributed by atoms with Crippen LogP contribution < -0.4 is 10.6 Å². The summed E-state index contributed by atoms with van der Waals surface area (Å²) in [6.07, 6.45) is 0.770. The topological polar surface area (TPSA) is 83.6 Å². The van der Waals surface area contributed by atoms with Gasteiger partial charge in [0.25, 0.3) is 0 Å².